The molecule has 0 aromatic rings. The van der Waals surface area contributed by atoms with E-state index in [9.17, 15) is 0 Å². The van der Waals surface area contributed by atoms with Gasteiger partial charge in [-0.3, -0.25) is 0 Å². The molecule has 1 atom stereocenters. The van der Waals surface area contributed by atoms with E-state index in [0.29, 0.717) is 6.10 Å². The molecular weight excluding hydrogens is 184 g/mol. The van der Waals surface area contributed by atoms with E-state index in [1.807, 2.05) is 7.11 Å². The molecule has 0 aliphatic heterocycles. The Morgan fingerprint density at radius 2 is 1.87 bits per heavy atom. The van der Waals surface area contributed by atoms with Crippen molar-refractivity contribution in [1.29, 1.82) is 0 Å². The molecule has 1 unspecified atom stereocenters. The zero-order valence-electron chi connectivity index (χ0n) is 10.0. The van der Waals surface area contributed by atoms with Crippen LogP contribution in [0.5, 0.6) is 0 Å². The Bertz CT molecular complexity index is 211. The van der Waals surface area contributed by atoms with Crippen LogP contribution in [-0.2, 0) is 4.74 Å². The Balaban J connectivity index is 1.81. The maximum absolute atomic E-state index is 5.68. The van der Waals surface area contributed by atoms with Crippen molar-refractivity contribution in [2.45, 2.75) is 57.5 Å². The summed E-state index contributed by atoms with van der Waals surface area (Å²) in [5.41, 5.74) is 1.45. The average molecular weight is 208 g/mol. The third-order valence-corrected chi connectivity index (χ3v) is 4.10. The second-order valence-corrected chi connectivity index (χ2v) is 5.31. The van der Waals surface area contributed by atoms with Crippen LogP contribution in [0.2, 0.25) is 0 Å². The fourth-order valence-electron chi connectivity index (χ4n) is 2.87. The second kappa shape index (κ2) is 5.16. The molecule has 1 nitrogen and oxygen atoms in total. The lowest BCUT2D eigenvalue weighted by molar-refractivity contribution is 0.0362. The maximum atomic E-state index is 5.68. The summed E-state index contributed by atoms with van der Waals surface area (Å²) >= 11 is 0. The first-order valence-electron chi connectivity index (χ1n) is 6.51. The monoisotopic (exact) mass is 208 g/mol. The number of rotatable bonds is 5. The van der Waals surface area contributed by atoms with Gasteiger partial charge in [-0.1, -0.05) is 31.4 Å². The van der Waals surface area contributed by atoms with Gasteiger partial charge in [0, 0.05) is 7.11 Å². The first kappa shape index (κ1) is 11.2. The van der Waals surface area contributed by atoms with Crippen LogP contribution < -0.4 is 0 Å². The minimum absolute atomic E-state index is 0.457. The van der Waals surface area contributed by atoms with E-state index in [2.05, 4.69) is 6.58 Å². The van der Waals surface area contributed by atoms with Gasteiger partial charge in [0.2, 0.25) is 0 Å². The Hall–Kier alpha value is -0.300. The number of ether oxygens (including phenoxy) is 1. The lowest BCUT2D eigenvalue weighted by Crippen LogP contribution is -2.25. The number of hydrogen-bond donors (Lipinski definition) is 0. The highest BCUT2D eigenvalue weighted by Crippen LogP contribution is 2.40. The van der Waals surface area contributed by atoms with E-state index in [0.717, 1.165) is 18.3 Å². The molecule has 0 aromatic carbocycles. The van der Waals surface area contributed by atoms with Gasteiger partial charge >= 0.3 is 0 Å². The van der Waals surface area contributed by atoms with Crippen LogP contribution in [-0.4, -0.2) is 13.2 Å². The van der Waals surface area contributed by atoms with Crippen LogP contribution in [0.3, 0.4) is 0 Å². The van der Waals surface area contributed by atoms with Gasteiger partial charge in [-0.05, 0) is 43.9 Å². The molecule has 0 amide bonds. The Labute approximate surface area is 93.9 Å². The van der Waals surface area contributed by atoms with Gasteiger partial charge < -0.3 is 4.74 Å². The van der Waals surface area contributed by atoms with Crippen LogP contribution in [0.4, 0.5) is 0 Å². The van der Waals surface area contributed by atoms with Crippen molar-refractivity contribution in [3.05, 3.63) is 12.2 Å². The summed E-state index contributed by atoms with van der Waals surface area (Å²) in [5, 5.41) is 0. The van der Waals surface area contributed by atoms with Gasteiger partial charge in [0.1, 0.15) is 0 Å². The predicted molar refractivity (Wildman–Crippen MR) is 63.9 cm³/mol. The van der Waals surface area contributed by atoms with Gasteiger partial charge in [0.05, 0.1) is 6.10 Å². The molecule has 2 aliphatic rings. The first-order chi connectivity index (χ1) is 7.31. The van der Waals surface area contributed by atoms with Gasteiger partial charge in [-0.2, -0.15) is 0 Å². The fourth-order valence-corrected chi connectivity index (χ4v) is 2.87. The molecule has 0 radical (unpaired) electrons. The zero-order chi connectivity index (χ0) is 10.7. The summed E-state index contributed by atoms with van der Waals surface area (Å²) in [6.45, 7) is 4.22. The molecular formula is C14H24O. The van der Waals surface area contributed by atoms with Crippen molar-refractivity contribution in [3.8, 4) is 0 Å². The predicted octanol–water partition coefficient (Wildman–Crippen LogP) is 3.94. The zero-order valence-corrected chi connectivity index (χ0v) is 10.0. The van der Waals surface area contributed by atoms with Gasteiger partial charge in [-0.15, -0.1) is 0 Å². The summed E-state index contributed by atoms with van der Waals surface area (Å²) in [4.78, 5) is 0. The largest absolute Gasteiger partial charge is 0.381 e. The Morgan fingerprint density at radius 1 is 1.20 bits per heavy atom. The molecule has 0 spiro atoms. The molecule has 2 saturated carbocycles. The van der Waals surface area contributed by atoms with Crippen molar-refractivity contribution >= 4 is 0 Å². The van der Waals surface area contributed by atoms with Crippen molar-refractivity contribution in [2.75, 3.05) is 7.11 Å². The van der Waals surface area contributed by atoms with Gasteiger partial charge in [0.25, 0.3) is 0 Å². The highest BCUT2D eigenvalue weighted by atomic mass is 16.5. The van der Waals surface area contributed by atoms with Crippen LogP contribution >= 0.6 is 0 Å². The average Bonchev–Trinajstić information content (AvgIpc) is 3.10. The second-order valence-electron chi connectivity index (χ2n) is 5.31. The van der Waals surface area contributed by atoms with Gasteiger partial charge in [-0.25, -0.2) is 0 Å². The molecule has 1 heteroatoms. The van der Waals surface area contributed by atoms with Crippen molar-refractivity contribution in [2.24, 2.45) is 11.8 Å². The summed E-state index contributed by atoms with van der Waals surface area (Å²) in [5.74, 6) is 1.64. The van der Waals surface area contributed by atoms with Crippen LogP contribution in [0.15, 0.2) is 12.2 Å². The Morgan fingerprint density at radius 3 is 2.40 bits per heavy atom. The lowest BCUT2D eigenvalue weighted by Gasteiger charge is -2.29. The normalized spacial score (nSPS) is 25.1. The highest BCUT2D eigenvalue weighted by molar-refractivity contribution is 5.09. The smallest absolute Gasteiger partial charge is 0.0636 e. The minimum atomic E-state index is 0.457. The van der Waals surface area contributed by atoms with E-state index in [4.69, 9.17) is 4.74 Å². The molecule has 2 aliphatic carbocycles. The van der Waals surface area contributed by atoms with Crippen LogP contribution in [0, 0.1) is 11.8 Å². The molecule has 0 aromatic heterocycles. The molecule has 15 heavy (non-hydrogen) atoms. The molecule has 2 rings (SSSR count). The minimum Gasteiger partial charge on any atom is -0.381 e. The van der Waals surface area contributed by atoms with Crippen molar-refractivity contribution in [1.82, 2.24) is 0 Å². The maximum Gasteiger partial charge on any atom is 0.0636 e. The Kier molecular flexibility index (Phi) is 3.85. The van der Waals surface area contributed by atoms with Crippen molar-refractivity contribution in [3.63, 3.8) is 0 Å². The number of methoxy groups -OCH3 is 1. The summed E-state index contributed by atoms with van der Waals surface area (Å²) in [7, 11) is 1.87. The standard InChI is InChI=1S/C14H24O/c1-11(12-8-9-12)10-14(15-2)13-6-4-3-5-7-13/h12-14H,1,3-10H2,2H3. The van der Waals surface area contributed by atoms with E-state index >= 15 is 0 Å². The molecule has 0 saturated heterocycles. The molecule has 0 bridgehead atoms. The molecule has 2 fully saturated rings. The quantitative estimate of drug-likeness (QED) is 0.622. The third kappa shape index (κ3) is 3.07. The fraction of sp³-hybridized carbons (Fsp3) is 0.857. The molecule has 86 valence electrons. The molecule has 0 N–H and O–H groups in total. The van der Waals surface area contributed by atoms with Crippen LogP contribution in [0.25, 0.3) is 0 Å². The first-order valence-corrected chi connectivity index (χ1v) is 6.51. The SMILES string of the molecule is C=C(CC(OC)C1CCCCC1)C1CC1. The topological polar surface area (TPSA) is 9.23 Å². The highest BCUT2D eigenvalue weighted by Gasteiger charge is 2.29. The van der Waals surface area contributed by atoms with E-state index < -0.39 is 0 Å². The number of hydrogen-bond acceptors (Lipinski definition) is 1. The van der Waals surface area contributed by atoms with E-state index in [1.165, 1.54) is 50.5 Å². The van der Waals surface area contributed by atoms with E-state index in [1.54, 1.807) is 0 Å². The lowest BCUT2D eigenvalue weighted by atomic mass is 9.82. The summed E-state index contributed by atoms with van der Waals surface area (Å²) in [6, 6.07) is 0. The van der Waals surface area contributed by atoms with Crippen molar-refractivity contribution < 1.29 is 4.74 Å². The third-order valence-electron chi connectivity index (χ3n) is 4.10. The van der Waals surface area contributed by atoms with E-state index in [-0.39, 0.29) is 0 Å². The van der Waals surface area contributed by atoms with Gasteiger partial charge in [0.15, 0.2) is 0 Å². The molecule has 0 heterocycles. The van der Waals surface area contributed by atoms with Crippen LogP contribution in [0.1, 0.15) is 51.4 Å². The summed E-state index contributed by atoms with van der Waals surface area (Å²) < 4.78 is 5.68. The summed E-state index contributed by atoms with van der Waals surface area (Å²) in [6.07, 6.45) is 11.3.